The van der Waals surface area contributed by atoms with Crippen LogP contribution in [0, 0.1) is 0 Å². The third kappa shape index (κ3) is 3.41. The van der Waals surface area contributed by atoms with E-state index in [-0.39, 0.29) is 12.4 Å². The number of benzene rings is 1. The number of para-hydroxylation sites is 1. The molecule has 1 aromatic carbocycles. The fourth-order valence-electron chi connectivity index (χ4n) is 3.17. The third-order valence-electron chi connectivity index (χ3n) is 4.10. The minimum Gasteiger partial charge on any atom is -0.496 e. The molecule has 2 aliphatic heterocycles. The zero-order valence-electron chi connectivity index (χ0n) is 11.3. The first-order chi connectivity index (χ1) is 8.85. The van der Waals surface area contributed by atoms with Gasteiger partial charge in [-0.05, 0) is 31.7 Å². The maximum absolute atomic E-state index is 6.07. The molecule has 1 N–H and O–H groups in total. The average Bonchev–Trinajstić information content (AvgIpc) is 2.76. The Morgan fingerprint density at radius 3 is 2.53 bits per heavy atom. The summed E-state index contributed by atoms with van der Waals surface area (Å²) >= 11 is 0. The summed E-state index contributed by atoms with van der Waals surface area (Å²) in [5, 5.41) is 3.64. The van der Waals surface area contributed by atoms with Crippen LogP contribution in [0.15, 0.2) is 24.3 Å². The highest BCUT2D eigenvalue weighted by atomic mass is 35.5. The molecule has 4 heteroatoms. The number of hydrogen-bond donors (Lipinski definition) is 1. The van der Waals surface area contributed by atoms with Crippen molar-refractivity contribution in [2.45, 2.75) is 50.5 Å². The van der Waals surface area contributed by atoms with Gasteiger partial charge in [0.05, 0.1) is 19.8 Å². The van der Waals surface area contributed by atoms with Crippen LogP contribution in [-0.2, 0) is 11.3 Å². The molecule has 0 aliphatic carbocycles. The highest BCUT2D eigenvalue weighted by Crippen LogP contribution is 2.29. The van der Waals surface area contributed by atoms with Crippen molar-refractivity contribution < 1.29 is 9.47 Å². The molecule has 2 heterocycles. The third-order valence-corrected chi connectivity index (χ3v) is 4.10. The fourth-order valence-corrected chi connectivity index (χ4v) is 3.17. The van der Waals surface area contributed by atoms with Gasteiger partial charge in [0.2, 0.25) is 0 Å². The van der Waals surface area contributed by atoms with Gasteiger partial charge in [-0.15, -0.1) is 12.4 Å². The minimum atomic E-state index is 0. The molecular formula is C15H22ClNO2. The number of nitrogens with one attached hydrogen (secondary N) is 1. The van der Waals surface area contributed by atoms with Gasteiger partial charge in [0.15, 0.2) is 0 Å². The summed E-state index contributed by atoms with van der Waals surface area (Å²) < 4.78 is 11.4. The molecule has 0 amide bonds. The Balaban J connectivity index is 0.00000133. The Bertz CT molecular complexity index is 401. The van der Waals surface area contributed by atoms with Crippen LogP contribution in [0.2, 0.25) is 0 Å². The van der Waals surface area contributed by atoms with E-state index in [1.54, 1.807) is 7.11 Å². The second kappa shape index (κ2) is 6.60. The molecule has 2 saturated heterocycles. The summed E-state index contributed by atoms with van der Waals surface area (Å²) in [5.74, 6) is 0.925. The van der Waals surface area contributed by atoms with Crippen LogP contribution in [0.3, 0.4) is 0 Å². The SMILES string of the molecule is COc1ccccc1CO[C@H]1C[C@H]2CC[C@@H](C1)N2.Cl. The van der Waals surface area contributed by atoms with Gasteiger partial charge >= 0.3 is 0 Å². The summed E-state index contributed by atoms with van der Waals surface area (Å²) in [4.78, 5) is 0. The second-order valence-corrected chi connectivity index (χ2v) is 5.35. The van der Waals surface area contributed by atoms with Crippen LogP contribution in [0.25, 0.3) is 0 Å². The molecule has 3 atom stereocenters. The lowest BCUT2D eigenvalue weighted by Gasteiger charge is -2.29. The summed E-state index contributed by atoms with van der Waals surface area (Å²) in [6.07, 6.45) is 5.36. The number of fused-ring (bicyclic) bond motifs is 2. The van der Waals surface area contributed by atoms with E-state index in [1.807, 2.05) is 18.2 Å². The number of hydrogen-bond acceptors (Lipinski definition) is 3. The first-order valence-corrected chi connectivity index (χ1v) is 6.84. The van der Waals surface area contributed by atoms with Crippen LogP contribution >= 0.6 is 12.4 Å². The Hall–Kier alpha value is -0.770. The fraction of sp³-hybridized carbons (Fsp3) is 0.600. The predicted molar refractivity (Wildman–Crippen MR) is 78.0 cm³/mol. The molecule has 0 unspecified atom stereocenters. The molecular weight excluding hydrogens is 262 g/mol. The van der Waals surface area contributed by atoms with E-state index in [4.69, 9.17) is 9.47 Å². The molecule has 3 nitrogen and oxygen atoms in total. The van der Waals surface area contributed by atoms with Crippen molar-refractivity contribution in [3.63, 3.8) is 0 Å². The molecule has 0 radical (unpaired) electrons. The Morgan fingerprint density at radius 2 is 1.84 bits per heavy atom. The van der Waals surface area contributed by atoms with Crippen molar-refractivity contribution in [2.24, 2.45) is 0 Å². The van der Waals surface area contributed by atoms with Crippen LogP contribution in [-0.4, -0.2) is 25.3 Å². The molecule has 106 valence electrons. The van der Waals surface area contributed by atoms with E-state index in [9.17, 15) is 0 Å². The zero-order chi connectivity index (χ0) is 12.4. The lowest BCUT2D eigenvalue weighted by Crippen LogP contribution is -2.41. The van der Waals surface area contributed by atoms with Gasteiger partial charge < -0.3 is 14.8 Å². The maximum atomic E-state index is 6.07. The monoisotopic (exact) mass is 283 g/mol. The minimum absolute atomic E-state index is 0. The van der Waals surface area contributed by atoms with Gasteiger partial charge in [0.25, 0.3) is 0 Å². The quantitative estimate of drug-likeness (QED) is 0.922. The molecule has 2 aliphatic rings. The van der Waals surface area contributed by atoms with Gasteiger partial charge in [0.1, 0.15) is 5.75 Å². The topological polar surface area (TPSA) is 30.5 Å². The summed E-state index contributed by atoms with van der Waals surface area (Å²) in [5.41, 5.74) is 1.14. The second-order valence-electron chi connectivity index (χ2n) is 5.35. The Labute approximate surface area is 121 Å². The molecule has 2 bridgehead atoms. The zero-order valence-corrected chi connectivity index (χ0v) is 12.1. The van der Waals surface area contributed by atoms with E-state index in [0.717, 1.165) is 24.2 Å². The van der Waals surface area contributed by atoms with Crippen molar-refractivity contribution in [3.8, 4) is 5.75 Å². The smallest absolute Gasteiger partial charge is 0.124 e. The van der Waals surface area contributed by atoms with Gasteiger partial charge in [0, 0.05) is 17.6 Å². The van der Waals surface area contributed by atoms with Crippen molar-refractivity contribution in [2.75, 3.05) is 7.11 Å². The lowest BCUT2D eigenvalue weighted by molar-refractivity contribution is 0.00842. The number of halogens is 1. The predicted octanol–water partition coefficient (Wildman–Crippen LogP) is 2.92. The molecule has 3 rings (SSSR count). The number of ether oxygens (including phenoxy) is 2. The van der Waals surface area contributed by atoms with Crippen molar-refractivity contribution in [1.82, 2.24) is 5.32 Å². The highest BCUT2D eigenvalue weighted by Gasteiger charge is 2.33. The van der Waals surface area contributed by atoms with Crippen LogP contribution in [0.4, 0.5) is 0 Å². The van der Waals surface area contributed by atoms with Crippen LogP contribution < -0.4 is 10.1 Å². The Kier molecular flexibility index (Phi) is 5.08. The van der Waals surface area contributed by atoms with Gasteiger partial charge in [-0.1, -0.05) is 18.2 Å². The summed E-state index contributed by atoms with van der Waals surface area (Å²) in [6.45, 7) is 0.661. The largest absolute Gasteiger partial charge is 0.496 e. The summed E-state index contributed by atoms with van der Waals surface area (Å²) in [6, 6.07) is 9.47. The first-order valence-electron chi connectivity index (χ1n) is 6.84. The molecule has 0 spiro atoms. The molecule has 2 fully saturated rings. The van der Waals surface area contributed by atoms with Crippen molar-refractivity contribution in [1.29, 1.82) is 0 Å². The molecule has 0 saturated carbocycles. The normalized spacial score (nSPS) is 28.8. The van der Waals surface area contributed by atoms with E-state index in [2.05, 4.69) is 11.4 Å². The first kappa shape index (κ1) is 14.6. The van der Waals surface area contributed by atoms with Crippen LogP contribution in [0.5, 0.6) is 5.75 Å². The van der Waals surface area contributed by atoms with E-state index in [1.165, 1.54) is 12.8 Å². The van der Waals surface area contributed by atoms with Crippen molar-refractivity contribution in [3.05, 3.63) is 29.8 Å². The van der Waals surface area contributed by atoms with E-state index < -0.39 is 0 Å². The van der Waals surface area contributed by atoms with Crippen molar-refractivity contribution >= 4 is 12.4 Å². The Morgan fingerprint density at radius 1 is 1.16 bits per heavy atom. The van der Waals surface area contributed by atoms with Gasteiger partial charge in [-0.2, -0.15) is 0 Å². The van der Waals surface area contributed by atoms with E-state index >= 15 is 0 Å². The lowest BCUT2D eigenvalue weighted by atomic mass is 10.0. The van der Waals surface area contributed by atoms with E-state index in [0.29, 0.717) is 24.8 Å². The van der Waals surface area contributed by atoms with Gasteiger partial charge in [-0.25, -0.2) is 0 Å². The number of rotatable bonds is 4. The maximum Gasteiger partial charge on any atom is 0.124 e. The number of piperidine rings is 1. The molecule has 0 aromatic heterocycles. The number of methoxy groups -OCH3 is 1. The average molecular weight is 284 g/mol. The van der Waals surface area contributed by atoms with Gasteiger partial charge in [-0.3, -0.25) is 0 Å². The molecule has 19 heavy (non-hydrogen) atoms. The highest BCUT2D eigenvalue weighted by molar-refractivity contribution is 5.85. The van der Waals surface area contributed by atoms with Crippen LogP contribution in [0.1, 0.15) is 31.2 Å². The standard InChI is InChI=1S/C15H21NO2.ClH/c1-17-15-5-3-2-4-11(15)10-18-14-8-12-6-7-13(9-14)16-12;/h2-5,12-14,16H,6-10H2,1H3;1H/t12-,13+,14+;. The molecule has 1 aromatic rings. The summed E-state index contributed by atoms with van der Waals surface area (Å²) in [7, 11) is 1.71.